The SMILES string of the molecule is CN=C(NCCCN(C(C)C)C(C)C)NCc1nc(-c2ccccc2)cs1.I. The van der Waals surface area contributed by atoms with E-state index in [0.29, 0.717) is 18.6 Å². The van der Waals surface area contributed by atoms with Gasteiger partial charge in [-0.15, -0.1) is 35.3 Å². The molecule has 2 aromatic rings. The van der Waals surface area contributed by atoms with Crippen molar-refractivity contribution in [3.05, 3.63) is 40.7 Å². The summed E-state index contributed by atoms with van der Waals surface area (Å²) in [4.78, 5) is 11.5. The highest BCUT2D eigenvalue weighted by molar-refractivity contribution is 14.0. The van der Waals surface area contributed by atoms with Gasteiger partial charge in [-0.05, 0) is 34.1 Å². The van der Waals surface area contributed by atoms with Gasteiger partial charge in [-0.3, -0.25) is 9.89 Å². The molecule has 5 nitrogen and oxygen atoms in total. The average Bonchev–Trinajstić information content (AvgIpc) is 3.13. The number of nitrogens with one attached hydrogen (secondary N) is 2. The molecule has 7 heteroatoms. The summed E-state index contributed by atoms with van der Waals surface area (Å²) in [5.41, 5.74) is 2.19. The van der Waals surface area contributed by atoms with E-state index in [4.69, 9.17) is 4.98 Å². The number of hydrogen-bond acceptors (Lipinski definition) is 4. The summed E-state index contributed by atoms with van der Waals surface area (Å²) >= 11 is 1.67. The molecule has 0 saturated heterocycles. The van der Waals surface area contributed by atoms with Crippen LogP contribution in [0, 0.1) is 0 Å². The maximum atomic E-state index is 4.71. The van der Waals surface area contributed by atoms with E-state index in [2.05, 4.69) is 65.7 Å². The number of nitrogens with zero attached hydrogens (tertiary/aromatic N) is 3. The van der Waals surface area contributed by atoms with Gasteiger partial charge in [0.05, 0.1) is 12.2 Å². The number of aromatic nitrogens is 1. The van der Waals surface area contributed by atoms with Crippen molar-refractivity contribution in [2.45, 2.75) is 52.7 Å². The average molecular weight is 516 g/mol. The molecule has 2 N–H and O–H groups in total. The van der Waals surface area contributed by atoms with E-state index in [0.717, 1.165) is 41.7 Å². The number of rotatable bonds is 9. The summed E-state index contributed by atoms with van der Waals surface area (Å²) in [7, 11) is 1.81. The minimum absolute atomic E-state index is 0. The van der Waals surface area contributed by atoms with Crippen molar-refractivity contribution in [3.8, 4) is 11.3 Å². The van der Waals surface area contributed by atoms with Crippen molar-refractivity contribution in [1.29, 1.82) is 0 Å². The molecule has 0 unspecified atom stereocenters. The van der Waals surface area contributed by atoms with Crippen LogP contribution in [0.15, 0.2) is 40.7 Å². The van der Waals surface area contributed by atoms with Crippen molar-refractivity contribution in [3.63, 3.8) is 0 Å². The quantitative estimate of drug-likeness (QED) is 0.222. The second kappa shape index (κ2) is 13.1. The molecule has 0 fully saturated rings. The van der Waals surface area contributed by atoms with Gasteiger partial charge in [-0.25, -0.2) is 4.98 Å². The Balaban J connectivity index is 0.00000392. The molecule has 2 rings (SSSR count). The molecule has 1 heterocycles. The minimum Gasteiger partial charge on any atom is -0.356 e. The van der Waals surface area contributed by atoms with E-state index in [1.165, 1.54) is 0 Å². The first-order valence-electron chi connectivity index (χ1n) is 9.71. The number of aliphatic imine (C=N–C) groups is 1. The summed E-state index contributed by atoms with van der Waals surface area (Å²) < 4.78 is 0. The van der Waals surface area contributed by atoms with Crippen molar-refractivity contribution in [2.24, 2.45) is 4.99 Å². The van der Waals surface area contributed by atoms with Crippen LogP contribution >= 0.6 is 35.3 Å². The monoisotopic (exact) mass is 515 g/mol. The Bertz CT molecular complexity index is 692. The van der Waals surface area contributed by atoms with E-state index in [1.807, 2.05) is 18.2 Å². The topological polar surface area (TPSA) is 52.6 Å². The van der Waals surface area contributed by atoms with Crippen LogP contribution in [-0.2, 0) is 6.54 Å². The molecule has 156 valence electrons. The van der Waals surface area contributed by atoms with Crippen molar-refractivity contribution in [2.75, 3.05) is 20.1 Å². The van der Waals surface area contributed by atoms with Gasteiger partial charge in [0.1, 0.15) is 5.01 Å². The highest BCUT2D eigenvalue weighted by atomic mass is 127. The maximum absolute atomic E-state index is 4.71. The lowest BCUT2D eigenvalue weighted by molar-refractivity contribution is 0.173. The highest BCUT2D eigenvalue weighted by Crippen LogP contribution is 2.21. The molecule has 0 amide bonds. The zero-order valence-electron chi connectivity index (χ0n) is 17.6. The van der Waals surface area contributed by atoms with Gasteiger partial charge < -0.3 is 10.6 Å². The van der Waals surface area contributed by atoms with Crippen molar-refractivity contribution in [1.82, 2.24) is 20.5 Å². The standard InChI is InChI=1S/C21H33N5S.HI/c1-16(2)26(17(3)4)13-9-12-23-21(22-5)24-14-20-25-19(15-27-20)18-10-7-6-8-11-18;/h6-8,10-11,15-17H,9,12-14H2,1-5H3,(H2,22,23,24);1H. The predicted octanol–water partition coefficient (Wildman–Crippen LogP) is 4.60. The first-order chi connectivity index (χ1) is 13.0. The van der Waals surface area contributed by atoms with Crippen LogP contribution in [0.25, 0.3) is 11.3 Å². The molecule has 0 aliphatic carbocycles. The van der Waals surface area contributed by atoms with Crippen LogP contribution in [0.4, 0.5) is 0 Å². The van der Waals surface area contributed by atoms with E-state index in [1.54, 1.807) is 18.4 Å². The van der Waals surface area contributed by atoms with Crippen LogP contribution in [0.2, 0.25) is 0 Å². The fourth-order valence-electron chi connectivity index (χ4n) is 3.09. The summed E-state index contributed by atoms with van der Waals surface area (Å²) in [6.45, 7) is 11.7. The molecule has 1 aromatic heterocycles. The second-order valence-electron chi connectivity index (χ2n) is 7.12. The molecule has 0 aliphatic rings. The Hall–Kier alpha value is -1.19. The summed E-state index contributed by atoms with van der Waals surface area (Å²) in [5.74, 6) is 0.826. The third kappa shape index (κ3) is 8.05. The third-order valence-electron chi connectivity index (χ3n) is 4.46. The van der Waals surface area contributed by atoms with Crippen LogP contribution in [0.3, 0.4) is 0 Å². The largest absolute Gasteiger partial charge is 0.356 e. The summed E-state index contributed by atoms with van der Waals surface area (Å²) in [6, 6.07) is 11.4. The van der Waals surface area contributed by atoms with Gasteiger partial charge in [0.15, 0.2) is 5.96 Å². The van der Waals surface area contributed by atoms with Gasteiger partial charge in [0.25, 0.3) is 0 Å². The van der Waals surface area contributed by atoms with Gasteiger partial charge in [-0.1, -0.05) is 30.3 Å². The Morgan fingerprint density at radius 1 is 1.11 bits per heavy atom. The molecule has 28 heavy (non-hydrogen) atoms. The second-order valence-corrected chi connectivity index (χ2v) is 8.07. The van der Waals surface area contributed by atoms with Gasteiger partial charge in [0.2, 0.25) is 0 Å². The molecule has 0 radical (unpaired) electrons. The van der Waals surface area contributed by atoms with Crippen LogP contribution < -0.4 is 10.6 Å². The van der Waals surface area contributed by atoms with Crippen molar-refractivity contribution < 1.29 is 0 Å². The molecule has 0 aliphatic heterocycles. The Morgan fingerprint density at radius 2 is 1.79 bits per heavy atom. The smallest absolute Gasteiger partial charge is 0.191 e. The van der Waals surface area contributed by atoms with Crippen LogP contribution in [0.5, 0.6) is 0 Å². The fourth-order valence-corrected chi connectivity index (χ4v) is 3.84. The predicted molar refractivity (Wildman–Crippen MR) is 133 cm³/mol. The number of thiazole rings is 1. The van der Waals surface area contributed by atoms with Crippen LogP contribution in [-0.4, -0.2) is 48.1 Å². The van der Waals surface area contributed by atoms with E-state index in [9.17, 15) is 0 Å². The molecular weight excluding hydrogens is 481 g/mol. The lowest BCUT2D eigenvalue weighted by Crippen LogP contribution is -2.41. The minimum atomic E-state index is 0. The lowest BCUT2D eigenvalue weighted by Gasteiger charge is -2.30. The normalized spacial score (nSPS) is 11.8. The maximum Gasteiger partial charge on any atom is 0.191 e. The Labute approximate surface area is 191 Å². The van der Waals surface area contributed by atoms with Gasteiger partial charge >= 0.3 is 0 Å². The third-order valence-corrected chi connectivity index (χ3v) is 5.31. The first kappa shape index (κ1) is 24.8. The molecule has 1 aromatic carbocycles. The molecule has 0 saturated carbocycles. The van der Waals surface area contributed by atoms with E-state index < -0.39 is 0 Å². The number of benzene rings is 1. The summed E-state index contributed by atoms with van der Waals surface area (Å²) in [5, 5.41) is 9.92. The van der Waals surface area contributed by atoms with E-state index in [-0.39, 0.29) is 24.0 Å². The molecule has 0 bridgehead atoms. The first-order valence-corrected chi connectivity index (χ1v) is 10.6. The molecular formula is C21H34IN5S. The lowest BCUT2D eigenvalue weighted by atomic mass is 10.2. The zero-order valence-corrected chi connectivity index (χ0v) is 20.8. The molecule has 0 atom stereocenters. The zero-order chi connectivity index (χ0) is 19.6. The van der Waals surface area contributed by atoms with E-state index >= 15 is 0 Å². The van der Waals surface area contributed by atoms with Crippen LogP contribution in [0.1, 0.15) is 39.1 Å². The fraction of sp³-hybridized carbons (Fsp3) is 0.524. The van der Waals surface area contributed by atoms with Gasteiger partial charge in [-0.2, -0.15) is 0 Å². The number of guanidine groups is 1. The Morgan fingerprint density at radius 3 is 2.39 bits per heavy atom. The van der Waals surface area contributed by atoms with Crippen molar-refractivity contribution >= 4 is 41.3 Å². The number of hydrogen-bond donors (Lipinski definition) is 2. The van der Waals surface area contributed by atoms with Gasteiger partial charge in [0, 0.05) is 43.2 Å². The number of halogens is 1. The Kier molecular flexibility index (Phi) is 11.6. The summed E-state index contributed by atoms with van der Waals surface area (Å²) in [6.07, 6.45) is 1.09. The highest BCUT2D eigenvalue weighted by Gasteiger charge is 2.12. The molecule has 0 spiro atoms.